The first-order chi connectivity index (χ1) is 11.5. The number of primary amides is 1. The third-order valence-electron chi connectivity index (χ3n) is 4.94. The summed E-state index contributed by atoms with van der Waals surface area (Å²) in [6, 6.07) is 5.06. The van der Waals surface area contributed by atoms with E-state index in [0.717, 1.165) is 38.4 Å². The van der Waals surface area contributed by atoms with Crippen molar-refractivity contribution in [3.8, 4) is 0 Å². The van der Waals surface area contributed by atoms with Crippen molar-refractivity contribution in [1.82, 2.24) is 10.2 Å². The molecule has 1 aliphatic heterocycles. The van der Waals surface area contributed by atoms with Gasteiger partial charge < -0.3 is 11.1 Å². The Bertz CT molecular complexity index is 628. The summed E-state index contributed by atoms with van der Waals surface area (Å²) in [5, 5.41) is 14.9. The molecule has 2 aliphatic rings. The van der Waals surface area contributed by atoms with Gasteiger partial charge in [0.15, 0.2) is 0 Å². The molecule has 7 nitrogen and oxygen atoms in total. The molecule has 1 aromatic rings. The summed E-state index contributed by atoms with van der Waals surface area (Å²) in [4.78, 5) is 24.3. The van der Waals surface area contributed by atoms with Gasteiger partial charge in [-0.3, -0.25) is 19.8 Å². The Labute approximate surface area is 153 Å². The van der Waals surface area contributed by atoms with Crippen LogP contribution < -0.4 is 11.1 Å². The van der Waals surface area contributed by atoms with Gasteiger partial charge in [-0.1, -0.05) is 6.07 Å². The number of carbonyl (C=O) groups excluding carboxylic acids is 1. The minimum atomic E-state index is -0.646. The predicted octanol–water partition coefficient (Wildman–Crippen LogP) is 2.08. The normalized spacial score (nSPS) is 18.6. The summed E-state index contributed by atoms with van der Waals surface area (Å²) in [6.07, 6.45) is 4.85. The zero-order valence-corrected chi connectivity index (χ0v) is 15.0. The van der Waals surface area contributed by atoms with Gasteiger partial charge in [-0.2, -0.15) is 0 Å². The fraction of sp³-hybridized carbons (Fsp3) is 0.588. The van der Waals surface area contributed by atoms with E-state index in [0.29, 0.717) is 18.2 Å². The maximum absolute atomic E-state index is 11.3. The van der Waals surface area contributed by atoms with E-state index in [1.165, 1.54) is 18.9 Å². The Hall–Kier alpha value is -1.70. The maximum atomic E-state index is 11.3. The summed E-state index contributed by atoms with van der Waals surface area (Å²) >= 11 is 0. The molecular formula is C17H25ClN4O3. The molecule has 1 heterocycles. The number of hydrogen-bond acceptors (Lipinski definition) is 5. The first kappa shape index (κ1) is 19.6. The molecule has 3 N–H and O–H groups in total. The van der Waals surface area contributed by atoms with E-state index >= 15 is 0 Å². The Morgan fingerprint density at radius 1 is 1.28 bits per heavy atom. The van der Waals surface area contributed by atoms with Crippen LogP contribution in [-0.2, 0) is 6.54 Å². The molecule has 1 aliphatic carbocycles. The van der Waals surface area contributed by atoms with Crippen LogP contribution in [0.4, 0.5) is 5.69 Å². The average molecular weight is 369 g/mol. The van der Waals surface area contributed by atoms with Crippen LogP contribution in [-0.4, -0.2) is 41.4 Å². The Morgan fingerprint density at radius 2 is 1.96 bits per heavy atom. The van der Waals surface area contributed by atoms with E-state index in [4.69, 9.17) is 5.73 Å². The van der Waals surface area contributed by atoms with E-state index in [1.807, 2.05) is 0 Å². The molecule has 2 fully saturated rings. The number of piperidine rings is 1. The summed E-state index contributed by atoms with van der Waals surface area (Å²) in [5.41, 5.74) is 5.99. The lowest BCUT2D eigenvalue weighted by atomic mass is 10.0. The van der Waals surface area contributed by atoms with Crippen LogP contribution in [0.2, 0.25) is 0 Å². The average Bonchev–Trinajstić information content (AvgIpc) is 3.38. The summed E-state index contributed by atoms with van der Waals surface area (Å²) in [5.74, 6) is 0.238. The van der Waals surface area contributed by atoms with Crippen LogP contribution in [0.3, 0.4) is 0 Å². The van der Waals surface area contributed by atoms with Crippen molar-refractivity contribution in [2.75, 3.05) is 19.6 Å². The molecule has 1 saturated heterocycles. The molecule has 0 spiro atoms. The number of halogens is 1. The number of likely N-dealkylation sites (tertiary alicyclic amines) is 1. The maximum Gasteiger partial charge on any atom is 0.274 e. The lowest BCUT2D eigenvalue weighted by Gasteiger charge is -2.32. The minimum absolute atomic E-state index is 0. The lowest BCUT2D eigenvalue weighted by Crippen LogP contribution is -2.42. The summed E-state index contributed by atoms with van der Waals surface area (Å²) < 4.78 is 0. The number of nitrogens with two attached hydrogens (primary N) is 1. The van der Waals surface area contributed by atoms with Crippen LogP contribution in [0, 0.1) is 16.0 Å². The Morgan fingerprint density at radius 3 is 2.52 bits per heavy atom. The van der Waals surface area contributed by atoms with Crippen molar-refractivity contribution in [3.05, 3.63) is 39.4 Å². The molecule has 0 unspecified atom stereocenters. The number of nitrogens with zero attached hydrogens (tertiary/aromatic N) is 2. The number of nitro benzene ring substituents is 1. The molecule has 3 rings (SSSR count). The Kier molecular flexibility index (Phi) is 6.75. The number of nitrogens with one attached hydrogen (secondary N) is 1. The third-order valence-corrected chi connectivity index (χ3v) is 4.94. The number of nitro groups is 1. The van der Waals surface area contributed by atoms with Gasteiger partial charge >= 0.3 is 0 Å². The van der Waals surface area contributed by atoms with Gasteiger partial charge in [0.1, 0.15) is 0 Å². The number of amides is 1. The molecule has 0 bridgehead atoms. The van der Waals surface area contributed by atoms with Gasteiger partial charge in [-0.15, -0.1) is 12.4 Å². The molecule has 0 radical (unpaired) electrons. The van der Waals surface area contributed by atoms with Crippen molar-refractivity contribution in [2.45, 2.75) is 38.3 Å². The van der Waals surface area contributed by atoms with Gasteiger partial charge in [-0.05, 0) is 57.3 Å². The smallest absolute Gasteiger partial charge is 0.274 e. The largest absolute Gasteiger partial charge is 0.366 e. The predicted molar refractivity (Wildman–Crippen MR) is 97.9 cm³/mol. The third kappa shape index (κ3) is 5.39. The first-order valence-corrected chi connectivity index (χ1v) is 8.56. The van der Waals surface area contributed by atoms with Crippen LogP contribution in [0.25, 0.3) is 0 Å². The highest BCUT2D eigenvalue weighted by molar-refractivity contribution is 5.93. The fourth-order valence-corrected chi connectivity index (χ4v) is 3.21. The van der Waals surface area contributed by atoms with Crippen molar-refractivity contribution in [2.24, 2.45) is 11.7 Å². The molecule has 25 heavy (non-hydrogen) atoms. The highest BCUT2D eigenvalue weighted by Crippen LogP contribution is 2.28. The van der Waals surface area contributed by atoms with Crippen molar-refractivity contribution in [3.63, 3.8) is 0 Å². The van der Waals surface area contributed by atoms with Crippen molar-refractivity contribution in [1.29, 1.82) is 0 Å². The van der Waals surface area contributed by atoms with E-state index in [1.54, 1.807) is 12.1 Å². The second-order valence-electron chi connectivity index (χ2n) is 6.87. The summed E-state index contributed by atoms with van der Waals surface area (Å²) in [7, 11) is 0. The van der Waals surface area contributed by atoms with E-state index in [-0.39, 0.29) is 23.7 Å². The van der Waals surface area contributed by atoms with E-state index < -0.39 is 10.8 Å². The molecule has 0 atom stereocenters. The van der Waals surface area contributed by atoms with Gasteiger partial charge in [0.2, 0.25) is 5.91 Å². The number of carbonyl (C=O) groups is 1. The second-order valence-corrected chi connectivity index (χ2v) is 6.87. The number of benzene rings is 1. The zero-order valence-electron chi connectivity index (χ0n) is 14.1. The monoisotopic (exact) mass is 368 g/mol. The van der Waals surface area contributed by atoms with Gasteiger partial charge in [0.05, 0.1) is 4.92 Å². The molecule has 0 aromatic heterocycles. The van der Waals surface area contributed by atoms with Crippen molar-refractivity contribution >= 4 is 24.0 Å². The highest BCUT2D eigenvalue weighted by atomic mass is 35.5. The van der Waals surface area contributed by atoms with E-state index in [2.05, 4.69) is 10.2 Å². The van der Waals surface area contributed by atoms with Crippen molar-refractivity contribution < 1.29 is 9.72 Å². The number of rotatable bonds is 7. The van der Waals surface area contributed by atoms with Crippen LogP contribution >= 0.6 is 12.4 Å². The fourth-order valence-electron chi connectivity index (χ4n) is 3.21. The summed E-state index contributed by atoms with van der Waals surface area (Å²) in [6.45, 7) is 3.52. The lowest BCUT2D eigenvalue weighted by molar-refractivity contribution is -0.385. The van der Waals surface area contributed by atoms with Gasteiger partial charge in [0.25, 0.3) is 5.69 Å². The van der Waals surface area contributed by atoms with E-state index in [9.17, 15) is 14.9 Å². The number of hydrogen-bond donors (Lipinski definition) is 2. The molecule has 8 heteroatoms. The highest BCUT2D eigenvalue weighted by Gasteiger charge is 2.25. The quantitative estimate of drug-likeness (QED) is 0.566. The SMILES string of the molecule is Cl.NC(=O)c1ccc(CN2CCC(NCC3CC3)CC2)c([N+](=O)[O-])c1. The standard InChI is InChI=1S/C17H24N4O3.ClH/c18-17(22)13-3-4-14(16(9-13)21(23)24)11-20-7-5-15(6-8-20)19-10-12-1-2-12;/h3-4,9,12,15,19H,1-2,5-8,10-11H2,(H2,18,22);1H. The zero-order chi connectivity index (χ0) is 17.1. The molecule has 138 valence electrons. The topological polar surface area (TPSA) is 102 Å². The Balaban J connectivity index is 0.00000225. The second kappa shape index (κ2) is 8.60. The van der Waals surface area contributed by atoms with Gasteiger partial charge in [-0.25, -0.2) is 0 Å². The van der Waals surface area contributed by atoms with Gasteiger partial charge in [0, 0.05) is 29.8 Å². The first-order valence-electron chi connectivity index (χ1n) is 8.56. The molecule has 1 saturated carbocycles. The minimum Gasteiger partial charge on any atom is -0.366 e. The van der Waals surface area contributed by atoms with Crippen LogP contribution in [0.1, 0.15) is 41.6 Å². The molecular weight excluding hydrogens is 344 g/mol. The molecule has 1 aromatic carbocycles. The van der Waals surface area contributed by atoms with Crippen LogP contribution in [0.5, 0.6) is 0 Å². The molecule has 1 amide bonds. The van der Waals surface area contributed by atoms with Crippen LogP contribution in [0.15, 0.2) is 18.2 Å².